The van der Waals surface area contributed by atoms with E-state index in [1.165, 1.54) is 38.9 Å². The summed E-state index contributed by atoms with van der Waals surface area (Å²) in [5.41, 5.74) is 0.551. The van der Waals surface area contributed by atoms with E-state index >= 15 is 0 Å². The van der Waals surface area contributed by atoms with Crippen LogP contribution in [-0.4, -0.2) is 58.7 Å². The summed E-state index contributed by atoms with van der Waals surface area (Å²) in [4.78, 5) is 16.1. The van der Waals surface area contributed by atoms with Crippen molar-refractivity contribution in [2.75, 3.05) is 42.7 Å². The summed E-state index contributed by atoms with van der Waals surface area (Å²) in [6.45, 7) is 5.18. The van der Waals surface area contributed by atoms with E-state index in [-0.39, 0.29) is 5.75 Å². The number of likely N-dealkylation sites (N-methyl/N-ethyl adjacent to an activating group) is 1. The van der Waals surface area contributed by atoms with Crippen LogP contribution in [0.1, 0.15) is 45.4 Å². The van der Waals surface area contributed by atoms with Crippen LogP contribution in [0, 0.1) is 5.82 Å². The topological polar surface area (TPSA) is 87.2 Å². The van der Waals surface area contributed by atoms with Crippen molar-refractivity contribution in [2.45, 2.75) is 57.5 Å². The van der Waals surface area contributed by atoms with Gasteiger partial charge < -0.3 is 20.7 Å². The van der Waals surface area contributed by atoms with Crippen LogP contribution in [0.4, 0.5) is 27.9 Å². The van der Waals surface area contributed by atoms with Crippen LogP contribution in [0.5, 0.6) is 5.75 Å². The van der Waals surface area contributed by atoms with Gasteiger partial charge in [0.15, 0.2) is 11.6 Å². The van der Waals surface area contributed by atoms with E-state index in [1.54, 1.807) is 12.1 Å². The maximum Gasteiger partial charge on any atom is 0.233 e. The fraction of sp³-hybridized carbons (Fsp3) is 0.591. The average molecular weight is 430 g/mol. The van der Waals surface area contributed by atoms with Gasteiger partial charge in [-0.05, 0) is 50.9 Å². The van der Waals surface area contributed by atoms with Crippen molar-refractivity contribution >= 4 is 23.5 Å². The van der Waals surface area contributed by atoms with Gasteiger partial charge in [0.05, 0.1) is 7.11 Å². The minimum atomic E-state index is -0.440. The Morgan fingerprint density at radius 3 is 2.58 bits per heavy atom. The molecular formula is C22H32FN7O. The fourth-order valence-corrected chi connectivity index (χ4v) is 4.45. The molecule has 1 aromatic carbocycles. The van der Waals surface area contributed by atoms with E-state index in [0.717, 1.165) is 32.5 Å². The first kappa shape index (κ1) is 21.5. The van der Waals surface area contributed by atoms with E-state index in [4.69, 9.17) is 4.74 Å². The fourth-order valence-electron chi connectivity index (χ4n) is 4.45. The highest BCUT2D eigenvalue weighted by Crippen LogP contribution is 2.25. The highest BCUT2D eigenvalue weighted by Gasteiger charge is 2.23. The van der Waals surface area contributed by atoms with E-state index in [2.05, 4.69) is 42.7 Å². The zero-order valence-electron chi connectivity index (χ0n) is 18.3. The summed E-state index contributed by atoms with van der Waals surface area (Å²) in [7, 11) is 1.44. The van der Waals surface area contributed by atoms with E-state index in [1.807, 2.05) is 0 Å². The zero-order valence-corrected chi connectivity index (χ0v) is 18.3. The number of benzene rings is 1. The number of nitrogens with one attached hydrogen (secondary N) is 3. The van der Waals surface area contributed by atoms with E-state index in [0.29, 0.717) is 35.6 Å². The number of halogens is 1. The van der Waals surface area contributed by atoms with Gasteiger partial charge in [-0.1, -0.05) is 19.8 Å². The van der Waals surface area contributed by atoms with E-state index in [9.17, 15) is 4.39 Å². The Balaban J connectivity index is 1.51. The number of hydrogen-bond acceptors (Lipinski definition) is 8. The molecular weight excluding hydrogens is 397 g/mol. The molecule has 1 saturated heterocycles. The summed E-state index contributed by atoms with van der Waals surface area (Å²) in [5.74, 6) is 1.20. The molecule has 2 aliphatic rings. The molecule has 1 unspecified atom stereocenters. The van der Waals surface area contributed by atoms with Crippen LogP contribution in [0.15, 0.2) is 18.2 Å². The second kappa shape index (κ2) is 10.1. The van der Waals surface area contributed by atoms with Crippen LogP contribution in [0.3, 0.4) is 0 Å². The maximum atomic E-state index is 14.1. The van der Waals surface area contributed by atoms with Crippen molar-refractivity contribution in [1.29, 1.82) is 0 Å². The number of methoxy groups -OCH3 is 1. The number of likely N-dealkylation sites (tertiary alicyclic amines) is 1. The second-order valence-corrected chi connectivity index (χ2v) is 8.21. The molecule has 1 aromatic heterocycles. The number of ether oxygens (including phenoxy) is 1. The molecule has 31 heavy (non-hydrogen) atoms. The van der Waals surface area contributed by atoms with Crippen LogP contribution in [0.2, 0.25) is 0 Å². The molecule has 9 heteroatoms. The van der Waals surface area contributed by atoms with Crippen molar-refractivity contribution in [3.8, 4) is 5.75 Å². The molecule has 168 valence electrons. The first-order valence-electron chi connectivity index (χ1n) is 11.3. The smallest absolute Gasteiger partial charge is 0.233 e. The van der Waals surface area contributed by atoms with Crippen molar-refractivity contribution < 1.29 is 9.13 Å². The number of hydrogen-bond donors (Lipinski definition) is 3. The van der Waals surface area contributed by atoms with Crippen LogP contribution < -0.4 is 20.7 Å². The Kier molecular flexibility index (Phi) is 7.01. The number of aromatic nitrogens is 3. The van der Waals surface area contributed by atoms with Gasteiger partial charge in [-0.25, -0.2) is 4.39 Å². The summed E-state index contributed by atoms with van der Waals surface area (Å²) in [6, 6.07) is 5.56. The number of rotatable bonds is 9. The minimum Gasteiger partial charge on any atom is -0.494 e. The maximum absolute atomic E-state index is 14.1. The third-order valence-electron chi connectivity index (χ3n) is 6.13. The lowest BCUT2D eigenvalue weighted by Crippen LogP contribution is -2.35. The molecule has 1 atom stereocenters. The summed E-state index contributed by atoms with van der Waals surface area (Å²) in [5, 5.41) is 9.93. The molecule has 0 bridgehead atoms. The molecule has 1 saturated carbocycles. The quantitative estimate of drug-likeness (QED) is 0.551. The Morgan fingerprint density at radius 1 is 1.06 bits per heavy atom. The summed E-state index contributed by atoms with van der Waals surface area (Å²) < 4.78 is 19.1. The number of nitrogens with zero attached hydrogens (tertiary/aromatic N) is 4. The predicted octanol–water partition coefficient (Wildman–Crippen LogP) is 4.01. The molecule has 3 N–H and O–H groups in total. The molecule has 2 aromatic rings. The highest BCUT2D eigenvalue weighted by atomic mass is 19.1. The van der Waals surface area contributed by atoms with Gasteiger partial charge in [0, 0.05) is 30.4 Å². The van der Waals surface area contributed by atoms with Gasteiger partial charge in [-0.15, -0.1) is 0 Å². The first-order chi connectivity index (χ1) is 15.1. The lowest BCUT2D eigenvalue weighted by atomic mass is 10.2. The van der Waals surface area contributed by atoms with Gasteiger partial charge in [0.25, 0.3) is 0 Å². The molecule has 8 nitrogen and oxygen atoms in total. The lowest BCUT2D eigenvalue weighted by molar-refractivity contribution is 0.277. The van der Waals surface area contributed by atoms with Crippen LogP contribution in [0.25, 0.3) is 0 Å². The van der Waals surface area contributed by atoms with Crippen molar-refractivity contribution in [3.63, 3.8) is 0 Å². The van der Waals surface area contributed by atoms with Gasteiger partial charge in [0.2, 0.25) is 17.8 Å². The Bertz CT molecular complexity index is 875. The predicted molar refractivity (Wildman–Crippen MR) is 121 cm³/mol. The molecule has 2 heterocycles. The highest BCUT2D eigenvalue weighted by molar-refractivity contribution is 5.57. The monoisotopic (exact) mass is 429 g/mol. The molecule has 0 amide bonds. The molecule has 2 fully saturated rings. The van der Waals surface area contributed by atoms with Crippen molar-refractivity contribution in [3.05, 3.63) is 24.0 Å². The standard InChI is InChI=1S/C22H32FN7O/c1-3-30-12-6-9-17(30)14-24-20-27-21(25-15-7-4-5-8-15)29-22(28-20)26-16-10-11-19(31-2)18(23)13-16/h10-11,13,15,17H,3-9,12,14H2,1-2H3,(H3,24,25,26,27,28,29). The average Bonchev–Trinajstić information content (AvgIpc) is 3.44. The molecule has 1 aliphatic carbocycles. The number of anilines is 4. The van der Waals surface area contributed by atoms with Gasteiger partial charge in [-0.2, -0.15) is 15.0 Å². The van der Waals surface area contributed by atoms with Crippen molar-refractivity contribution in [2.24, 2.45) is 0 Å². The first-order valence-corrected chi connectivity index (χ1v) is 11.3. The zero-order chi connectivity index (χ0) is 21.6. The summed E-state index contributed by atoms with van der Waals surface area (Å²) in [6.07, 6.45) is 7.08. The molecule has 4 rings (SSSR count). The largest absolute Gasteiger partial charge is 0.494 e. The van der Waals surface area contributed by atoms with Gasteiger partial charge in [-0.3, -0.25) is 4.90 Å². The Morgan fingerprint density at radius 2 is 1.84 bits per heavy atom. The Hall–Kier alpha value is -2.68. The third kappa shape index (κ3) is 5.52. The lowest BCUT2D eigenvalue weighted by Gasteiger charge is -2.23. The molecule has 0 spiro atoms. The van der Waals surface area contributed by atoms with Crippen molar-refractivity contribution in [1.82, 2.24) is 19.9 Å². The third-order valence-corrected chi connectivity index (χ3v) is 6.13. The Labute approximate surface area is 183 Å². The molecule has 1 aliphatic heterocycles. The van der Waals surface area contributed by atoms with Gasteiger partial charge >= 0.3 is 0 Å². The summed E-state index contributed by atoms with van der Waals surface area (Å²) >= 11 is 0. The van der Waals surface area contributed by atoms with E-state index < -0.39 is 5.82 Å². The minimum absolute atomic E-state index is 0.198. The van der Waals surface area contributed by atoms with Crippen LogP contribution >= 0.6 is 0 Å². The SMILES string of the molecule is CCN1CCCC1CNc1nc(Nc2ccc(OC)c(F)c2)nc(NC2CCCC2)n1. The van der Waals surface area contributed by atoms with Gasteiger partial charge in [0.1, 0.15) is 0 Å². The second-order valence-electron chi connectivity index (χ2n) is 8.21. The normalized spacial score (nSPS) is 19.5. The molecule has 0 radical (unpaired) electrons. The van der Waals surface area contributed by atoms with Crippen LogP contribution in [-0.2, 0) is 0 Å².